The van der Waals surface area contributed by atoms with Gasteiger partial charge in [0.25, 0.3) is 0 Å². The number of nitrogens with two attached hydrogens (primary N) is 1. The third-order valence-corrected chi connectivity index (χ3v) is 3.09. The molecule has 0 atom stereocenters. The number of nitrogens with zero attached hydrogens (tertiary/aromatic N) is 1. The van der Waals surface area contributed by atoms with E-state index in [1.165, 1.54) is 0 Å². The molecule has 3 nitrogen and oxygen atoms in total. The van der Waals surface area contributed by atoms with Gasteiger partial charge in [0.1, 0.15) is 5.82 Å². The zero-order chi connectivity index (χ0) is 12.6. The number of anilines is 2. The van der Waals surface area contributed by atoms with E-state index in [4.69, 9.17) is 5.73 Å². The lowest BCUT2D eigenvalue weighted by atomic mass is 10.1. The fourth-order valence-corrected chi connectivity index (χ4v) is 2.20. The maximum Gasteiger partial charge on any atom is 0.136 e. The molecule has 0 amide bonds. The van der Waals surface area contributed by atoms with Crippen LogP contribution in [0.5, 0.6) is 0 Å². The monoisotopic (exact) mass is 293 g/mol. The summed E-state index contributed by atoms with van der Waals surface area (Å²) in [4.78, 5) is 4.38. The maximum absolute atomic E-state index is 6.04. The van der Waals surface area contributed by atoms with E-state index in [1.54, 1.807) is 6.20 Å². The van der Waals surface area contributed by atoms with Crippen LogP contribution < -0.4 is 11.1 Å². The Kier molecular flexibility index (Phi) is 3.00. The summed E-state index contributed by atoms with van der Waals surface area (Å²) in [6.07, 6.45) is 1.79. The molecule has 1 heterocycles. The second kappa shape index (κ2) is 4.18. The molecule has 0 saturated heterocycles. The molecule has 0 unspecified atom stereocenters. The molecular formula is C13H16BrN3. The Morgan fingerprint density at radius 3 is 2.59 bits per heavy atom. The van der Waals surface area contributed by atoms with Gasteiger partial charge in [-0.25, -0.2) is 4.98 Å². The van der Waals surface area contributed by atoms with E-state index in [1.807, 2.05) is 18.2 Å². The van der Waals surface area contributed by atoms with Gasteiger partial charge in [-0.05, 0) is 39.0 Å². The molecular weight excluding hydrogens is 278 g/mol. The molecule has 0 radical (unpaired) electrons. The molecule has 90 valence electrons. The highest BCUT2D eigenvalue weighted by Gasteiger charge is 2.14. The minimum atomic E-state index is -0.0456. The van der Waals surface area contributed by atoms with Crippen molar-refractivity contribution in [1.29, 1.82) is 0 Å². The largest absolute Gasteiger partial charge is 0.398 e. The van der Waals surface area contributed by atoms with E-state index >= 15 is 0 Å². The van der Waals surface area contributed by atoms with Gasteiger partial charge in [-0.1, -0.05) is 15.9 Å². The van der Waals surface area contributed by atoms with E-state index < -0.39 is 0 Å². The fourth-order valence-electron chi connectivity index (χ4n) is 1.74. The van der Waals surface area contributed by atoms with E-state index in [0.29, 0.717) is 0 Å². The fraction of sp³-hybridized carbons (Fsp3) is 0.308. The summed E-state index contributed by atoms with van der Waals surface area (Å²) in [6.45, 7) is 6.30. The SMILES string of the molecule is CC(C)(C)Nc1nccc2c(Br)ccc(N)c12. The predicted molar refractivity (Wildman–Crippen MR) is 77.2 cm³/mol. The Balaban J connectivity index is 2.68. The summed E-state index contributed by atoms with van der Waals surface area (Å²) in [5.41, 5.74) is 6.74. The molecule has 1 aromatic carbocycles. The van der Waals surface area contributed by atoms with Gasteiger partial charge < -0.3 is 11.1 Å². The van der Waals surface area contributed by atoms with Crippen molar-refractivity contribution in [3.8, 4) is 0 Å². The predicted octanol–water partition coefficient (Wildman–Crippen LogP) is 3.79. The Bertz CT molecular complexity index is 558. The number of rotatable bonds is 1. The Morgan fingerprint density at radius 2 is 1.94 bits per heavy atom. The molecule has 2 aromatic rings. The van der Waals surface area contributed by atoms with Crippen molar-refractivity contribution >= 4 is 38.2 Å². The number of hydrogen-bond donors (Lipinski definition) is 2. The lowest BCUT2D eigenvalue weighted by Gasteiger charge is -2.22. The number of fused-ring (bicyclic) bond motifs is 1. The van der Waals surface area contributed by atoms with Crippen LogP contribution in [-0.4, -0.2) is 10.5 Å². The molecule has 0 spiro atoms. The van der Waals surface area contributed by atoms with Gasteiger partial charge in [0.05, 0.1) is 0 Å². The number of nitrogen functional groups attached to an aromatic ring is 1. The van der Waals surface area contributed by atoms with Crippen LogP contribution in [0.3, 0.4) is 0 Å². The van der Waals surface area contributed by atoms with E-state index in [9.17, 15) is 0 Å². The summed E-state index contributed by atoms with van der Waals surface area (Å²) < 4.78 is 1.03. The van der Waals surface area contributed by atoms with Gasteiger partial charge in [0.15, 0.2) is 0 Å². The number of aromatic nitrogens is 1. The standard InChI is InChI=1S/C13H16BrN3/c1-13(2,3)17-12-11-8(6-7-16-12)9(14)4-5-10(11)15/h4-7H,15H2,1-3H3,(H,16,17). The normalized spacial score (nSPS) is 11.8. The molecule has 0 aliphatic carbocycles. The Hall–Kier alpha value is -1.29. The number of nitrogens with one attached hydrogen (secondary N) is 1. The van der Waals surface area contributed by atoms with Gasteiger partial charge in [-0.15, -0.1) is 0 Å². The summed E-state index contributed by atoms with van der Waals surface area (Å²) in [6, 6.07) is 5.81. The molecule has 2 rings (SSSR count). The lowest BCUT2D eigenvalue weighted by molar-refractivity contribution is 0.631. The number of pyridine rings is 1. The van der Waals surface area contributed by atoms with Gasteiger partial charge in [0, 0.05) is 32.7 Å². The summed E-state index contributed by atoms with van der Waals surface area (Å²) in [5.74, 6) is 0.828. The minimum Gasteiger partial charge on any atom is -0.398 e. The number of hydrogen-bond acceptors (Lipinski definition) is 3. The molecule has 0 bridgehead atoms. The minimum absolute atomic E-state index is 0.0456. The molecule has 0 aliphatic rings. The second-order valence-corrected chi connectivity index (χ2v) is 5.95. The maximum atomic E-state index is 6.04. The van der Waals surface area contributed by atoms with Gasteiger partial charge >= 0.3 is 0 Å². The summed E-state index contributed by atoms with van der Waals surface area (Å²) >= 11 is 3.53. The first-order valence-electron chi connectivity index (χ1n) is 5.49. The zero-order valence-electron chi connectivity index (χ0n) is 10.2. The molecule has 3 N–H and O–H groups in total. The average Bonchev–Trinajstić information content (AvgIpc) is 2.21. The smallest absolute Gasteiger partial charge is 0.136 e. The van der Waals surface area contributed by atoms with Crippen molar-refractivity contribution in [3.05, 3.63) is 28.9 Å². The Labute approximate surface area is 110 Å². The van der Waals surface area contributed by atoms with Crippen molar-refractivity contribution in [3.63, 3.8) is 0 Å². The van der Waals surface area contributed by atoms with Crippen LogP contribution in [0.25, 0.3) is 10.8 Å². The van der Waals surface area contributed by atoms with Crippen LogP contribution in [0.4, 0.5) is 11.5 Å². The molecule has 0 aliphatic heterocycles. The third-order valence-electron chi connectivity index (χ3n) is 2.40. The van der Waals surface area contributed by atoms with Gasteiger partial charge in [-0.3, -0.25) is 0 Å². The highest BCUT2D eigenvalue weighted by molar-refractivity contribution is 9.10. The first-order chi connectivity index (χ1) is 7.88. The van der Waals surface area contributed by atoms with Crippen LogP contribution in [0, 0.1) is 0 Å². The molecule has 17 heavy (non-hydrogen) atoms. The second-order valence-electron chi connectivity index (χ2n) is 5.09. The van der Waals surface area contributed by atoms with Crippen molar-refractivity contribution in [2.24, 2.45) is 0 Å². The van der Waals surface area contributed by atoms with Crippen LogP contribution >= 0.6 is 15.9 Å². The first-order valence-corrected chi connectivity index (χ1v) is 6.29. The third kappa shape index (κ3) is 2.52. The zero-order valence-corrected chi connectivity index (χ0v) is 11.8. The topological polar surface area (TPSA) is 50.9 Å². The lowest BCUT2D eigenvalue weighted by Crippen LogP contribution is -2.26. The van der Waals surface area contributed by atoms with Crippen LogP contribution in [0.1, 0.15) is 20.8 Å². The van der Waals surface area contributed by atoms with Gasteiger partial charge in [0.2, 0.25) is 0 Å². The summed E-state index contributed by atoms with van der Waals surface area (Å²) in [7, 11) is 0. The molecule has 4 heteroatoms. The van der Waals surface area contributed by atoms with E-state index in [0.717, 1.165) is 26.8 Å². The van der Waals surface area contributed by atoms with Crippen LogP contribution in [0.2, 0.25) is 0 Å². The number of halogens is 1. The first kappa shape index (κ1) is 12.2. The quantitative estimate of drug-likeness (QED) is 0.787. The highest BCUT2D eigenvalue weighted by Crippen LogP contribution is 2.33. The molecule has 0 saturated carbocycles. The van der Waals surface area contributed by atoms with Crippen molar-refractivity contribution in [1.82, 2.24) is 4.98 Å². The average molecular weight is 294 g/mol. The number of benzene rings is 1. The highest BCUT2D eigenvalue weighted by atomic mass is 79.9. The van der Waals surface area contributed by atoms with E-state index in [2.05, 4.69) is 47.0 Å². The van der Waals surface area contributed by atoms with Gasteiger partial charge in [-0.2, -0.15) is 0 Å². The Morgan fingerprint density at radius 1 is 1.24 bits per heavy atom. The summed E-state index contributed by atoms with van der Waals surface area (Å²) in [5, 5.41) is 5.43. The van der Waals surface area contributed by atoms with Crippen LogP contribution in [-0.2, 0) is 0 Å². The van der Waals surface area contributed by atoms with E-state index in [-0.39, 0.29) is 5.54 Å². The molecule has 0 fully saturated rings. The van der Waals surface area contributed by atoms with Crippen molar-refractivity contribution in [2.45, 2.75) is 26.3 Å². The molecule has 1 aromatic heterocycles. The van der Waals surface area contributed by atoms with Crippen molar-refractivity contribution in [2.75, 3.05) is 11.1 Å². The van der Waals surface area contributed by atoms with Crippen molar-refractivity contribution < 1.29 is 0 Å². The van der Waals surface area contributed by atoms with Crippen LogP contribution in [0.15, 0.2) is 28.9 Å².